The van der Waals surface area contributed by atoms with Crippen LogP contribution in [0, 0.1) is 0 Å². The van der Waals surface area contributed by atoms with E-state index in [9.17, 15) is 9.90 Å². The zero-order valence-electron chi connectivity index (χ0n) is 15.6. The number of fused-ring (bicyclic) bond motifs is 1. The molecule has 0 spiro atoms. The second-order valence-electron chi connectivity index (χ2n) is 7.83. The normalized spacial score (nSPS) is 14.3. The minimum Gasteiger partial charge on any atom is -0.508 e. The predicted octanol–water partition coefficient (Wildman–Crippen LogP) is 3.27. The number of carbonyl (C=O) groups excluding carboxylic acids is 1. The van der Waals surface area contributed by atoms with Gasteiger partial charge in [0.1, 0.15) is 22.9 Å². The number of phenolic OH excluding ortho intramolecular Hbond substituents is 1. The molecular weight excluding hydrogens is 344 g/mol. The fourth-order valence-corrected chi connectivity index (χ4v) is 3.07. The van der Waals surface area contributed by atoms with Crippen molar-refractivity contribution >= 4 is 5.91 Å². The number of oxazole rings is 1. The summed E-state index contributed by atoms with van der Waals surface area (Å²) in [6.45, 7) is 7.19. The number of aromatic amines is 1. The summed E-state index contributed by atoms with van der Waals surface area (Å²) in [5, 5.41) is 16.4. The van der Waals surface area contributed by atoms with Gasteiger partial charge in [-0.3, -0.25) is 9.89 Å². The van der Waals surface area contributed by atoms with Crippen LogP contribution in [0.25, 0.3) is 11.3 Å². The van der Waals surface area contributed by atoms with Gasteiger partial charge in [0.15, 0.2) is 5.89 Å². The standard InChI is InChI=1S/C20H22N4O3/c1-20(2,3)19-21-16-11-24(9-8-17(16)27-19)18(26)15-10-14(22-23-15)12-4-6-13(25)7-5-12/h4-7,10,25H,8-9,11H2,1-3H3,(H,22,23). The molecule has 0 saturated carbocycles. The molecule has 1 aliphatic rings. The lowest BCUT2D eigenvalue weighted by molar-refractivity contribution is 0.0721. The van der Waals surface area contributed by atoms with Gasteiger partial charge in [0.05, 0.1) is 12.2 Å². The molecule has 0 bridgehead atoms. The lowest BCUT2D eigenvalue weighted by Crippen LogP contribution is -2.36. The van der Waals surface area contributed by atoms with Crippen LogP contribution in [0.4, 0.5) is 0 Å². The first-order chi connectivity index (χ1) is 12.8. The zero-order valence-corrected chi connectivity index (χ0v) is 15.6. The van der Waals surface area contributed by atoms with Crippen molar-refractivity contribution in [3.63, 3.8) is 0 Å². The maximum Gasteiger partial charge on any atom is 0.272 e. The summed E-state index contributed by atoms with van der Waals surface area (Å²) in [4.78, 5) is 19.2. The van der Waals surface area contributed by atoms with Gasteiger partial charge < -0.3 is 14.4 Å². The third-order valence-electron chi connectivity index (χ3n) is 4.63. The number of phenols is 1. The fraction of sp³-hybridized carbons (Fsp3) is 0.350. The average molecular weight is 366 g/mol. The van der Waals surface area contributed by atoms with E-state index in [0.717, 1.165) is 17.0 Å². The van der Waals surface area contributed by atoms with Crippen LogP contribution < -0.4 is 0 Å². The smallest absolute Gasteiger partial charge is 0.272 e. The molecule has 3 heterocycles. The maximum atomic E-state index is 12.9. The third kappa shape index (κ3) is 3.32. The van der Waals surface area contributed by atoms with E-state index in [1.165, 1.54) is 0 Å². The topological polar surface area (TPSA) is 95.2 Å². The second kappa shape index (κ2) is 6.26. The first-order valence-electron chi connectivity index (χ1n) is 8.94. The molecule has 7 heteroatoms. The zero-order chi connectivity index (χ0) is 19.2. The molecule has 3 aromatic rings. The lowest BCUT2D eigenvalue weighted by Gasteiger charge is -2.24. The highest BCUT2D eigenvalue weighted by atomic mass is 16.4. The molecule has 4 rings (SSSR count). The summed E-state index contributed by atoms with van der Waals surface area (Å²) >= 11 is 0. The molecule has 2 N–H and O–H groups in total. The number of carbonyl (C=O) groups is 1. The van der Waals surface area contributed by atoms with E-state index in [0.29, 0.717) is 36.8 Å². The van der Waals surface area contributed by atoms with Gasteiger partial charge in [0.2, 0.25) is 0 Å². The van der Waals surface area contributed by atoms with Gasteiger partial charge in [-0.2, -0.15) is 5.10 Å². The van der Waals surface area contributed by atoms with Crippen molar-refractivity contribution in [3.8, 4) is 17.0 Å². The first-order valence-corrected chi connectivity index (χ1v) is 8.94. The summed E-state index contributed by atoms with van der Waals surface area (Å²) < 4.78 is 5.89. The summed E-state index contributed by atoms with van der Waals surface area (Å²) in [5.74, 6) is 1.66. The molecule has 140 valence electrons. The number of hydrogen-bond donors (Lipinski definition) is 2. The maximum absolute atomic E-state index is 12.9. The Morgan fingerprint density at radius 3 is 2.70 bits per heavy atom. The van der Waals surface area contributed by atoms with Crippen LogP contribution in [0.2, 0.25) is 0 Å². The van der Waals surface area contributed by atoms with Gasteiger partial charge in [0, 0.05) is 23.9 Å². The van der Waals surface area contributed by atoms with Crippen molar-refractivity contribution in [2.24, 2.45) is 0 Å². The van der Waals surface area contributed by atoms with Crippen molar-refractivity contribution in [3.05, 3.63) is 53.4 Å². The molecule has 1 amide bonds. The average Bonchev–Trinajstić information content (AvgIpc) is 3.28. The van der Waals surface area contributed by atoms with Crippen LogP contribution in [0.15, 0.2) is 34.7 Å². The Morgan fingerprint density at radius 2 is 2.00 bits per heavy atom. The molecule has 1 aliphatic heterocycles. The van der Waals surface area contributed by atoms with Crippen molar-refractivity contribution in [1.29, 1.82) is 0 Å². The summed E-state index contributed by atoms with van der Waals surface area (Å²) in [6, 6.07) is 8.43. The van der Waals surface area contributed by atoms with Crippen LogP contribution in [-0.4, -0.2) is 37.6 Å². The highest BCUT2D eigenvalue weighted by Gasteiger charge is 2.30. The number of aromatic hydroxyl groups is 1. The Hall–Kier alpha value is -3.09. The minimum absolute atomic E-state index is 0.113. The Bertz CT molecular complexity index is 980. The molecule has 2 aromatic heterocycles. The Balaban J connectivity index is 1.52. The highest BCUT2D eigenvalue weighted by Crippen LogP contribution is 2.28. The Kier molecular flexibility index (Phi) is 4.02. The summed E-state index contributed by atoms with van der Waals surface area (Å²) in [7, 11) is 0. The lowest BCUT2D eigenvalue weighted by atomic mass is 9.97. The Labute approximate surface area is 157 Å². The van der Waals surface area contributed by atoms with Crippen molar-refractivity contribution in [2.45, 2.75) is 39.2 Å². The van der Waals surface area contributed by atoms with E-state index >= 15 is 0 Å². The predicted molar refractivity (Wildman–Crippen MR) is 99.3 cm³/mol. The van der Waals surface area contributed by atoms with Crippen LogP contribution in [0.1, 0.15) is 48.6 Å². The van der Waals surface area contributed by atoms with E-state index in [-0.39, 0.29) is 17.1 Å². The van der Waals surface area contributed by atoms with E-state index < -0.39 is 0 Å². The van der Waals surface area contributed by atoms with Crippen LogP contribution in [-0.2, 0) is 18.4 Å². The molecule has 7 nitrogen and oxygen atoms in total. The molecule has 0 atom stereocenters. The quantitative estimate of drug-likeness (QED) is 0.726. The van der Waals surface area contributed by atoms with Gasteiger partial charge in [-0.25, -0.2) is 4.98 Å². The molecule has 1 aromatic carbocycles. The molecule has 0 radical (unpaired) electrons. The van der Waals surface area contributed by atoms with Crippen molar-refractivity contribution < 1.29 is 14.3 Å². The van der Waals surface area contributed by atoms with E-state index in [4.69, 9.17) is 4.42 Å². The third-order valence-corrected chi connectivity index (χ3v) is 4.63. The van der Waals surface area contributed by atoms with Crippen molar-refractivity contribution in [2.75, 3.05) is 6.54 Å². The molecule has 0 fully saturated rings. The SMILES string of the molecule is CC(C)(C)c1nc2c(o1)CCN(C(=O)c1cc(-c3ccc(O)cc3)n[nH]1)C2. The molecule has 0 aliphatic carbocycles. The van der Waals surface area contributed by atoms with Crippen LogP contribution >= 0.6 is 0 Å². The van der Waals surface area contributed by atoms with Gasteiger partial charge in [-0.15, -0.1) is 0 Å². The molecule has 0 saturated heterocycles. The van der Waals surface area contributed by atoms with Crippen LogP contribution in [0.3, 0.4) is 0 Å². The minimum atomic E-state index is -0.158. The number of H-pyrrole nitrogens is 1. The first kappa shape index (κ1) is 17.3. The number of rotatable bonds is 2. The van der Waals surface area contributed by atoms with Gasteiger partial charge in [-0.1, -0.05) is 20.8 Å². The number of aromatic nitrogens is 3. The highest BCUT2D eigenvalue weighted by molar-refractivity contribution is 5.93. The number of nitrogens with one attached hydrogen (secondary N) is 1. The molecule has 27 heavy (non-hydrogen) atoms. The molecular formula is C20H22N4O3. The largest absolute Gasteiger partial charge is 0.508 e. The number of amides is 1. The van der Waals surface area contributed by atoms with Gasteiger partial charge in [-0.05, 0) is 30.3 Å². The van der Waals surface area contributed by atoms with E-state index in [2.05, 4.69) is 36.0 Å². The second-order valence-corrected chi connectivity index (χ2v) is 7.83. The van der Waals surface area contributed by atoms with Gasteiger partial charge >= 0.3 is 0 Å². The monoisotopic (exact) mass is 366 g/mol. The number of nitrogens with zero attached hydrogens (tertiary/aromatic N) is 3. The van der Waals surface area contributed by atoms with E-state index in [1.54, 1.807) is 35.2 Å². The Morgan fingerprint density at radius 1 is 1.26 bits per heavy atom. The van der Waals surface area contributed by atoms with Gasteiger partial charge in [0.25, 0.3) is 5.91 Å². The fourth-order valence-electron chi connectivity index (χ4n) is 3.07. The number of benzene rings is 1. The van der Waals surface area contributed by atoms with Crippen LogP contribution in [0.5, 0.6) is 5.75 Å². The van der Waals surface area contributed by atoms with E-state index in [1.807, 2.05) is 0 Å². The molecule has 0 unspecified atom stereocenters. The number of hydrogen-bond acceptors (Lipinski definition) is 5. The summed E-state index contributed by atoms with van der Waals surface area (Å²) in [5.41, 5.74) is 2.59. The van der Waals surface area contributed by atoms with Crippen molar-refractivity contribution in [1.82, 2.24) is 20.1 Å². The summed E-state index contributed by atoms with van der Waals surface area (Å²) in [6.07, 6.45) is 0.656.